The van der Waals surface area contributed by atoms with E-state index in [2.05, 4.69) is 15.5 Å². The van der Waals surface area contributed by atoms with Gasteiger partial charge in [0.1, 0.15) is 5.75 Å². The van der Waals surface area contributed by atoms with E-state index in [0.29, 0.717) is 47.4 Å². The molecule has 0 aliphatic heterocycles. The van der Waals surface area contributed by atoms with Gasteiger partial charge in [-0.25, -0.2) is 4.79 Å². The number of hydrogen-bond acceptors (Lipinski definition) is 7. The van der Waals surface area contributed by atoms with Crippen LogP contribution in [-0.4, -0.2) is 34.8 Å². The number of para-hydroxylation sites is 1. The SMILES string of the molecule is CCOC(=O)c1ccc(NC(=O)[C@H](CC)Oc2ccccc2-c2nnc(-c3ccccc3)o2)cc1. The van der Waals surface area contributed by atoms with Crippen LogP contribution in [0.1, 0.15) is 30.6 Å². The largest absolute Gasteiger partial charge is 0.480 e. The van der Waals surface area contributed by atoms with Crippen LogP contribution in [0.5, 0.6) is 5.75 Å². The normalized spacial score (nSPS) is 11.5. The van der Waals surface area contributed by atoms with Gasteiger partial charge in [-0.15, -0.1) is 10.2 Å². The Morgan fingerprint density at radius 2 is 1.57 bits per heavy atom. The molecule has 0 saturated carbocycles. The Labute approximate surface area is 202 Å². The molecule has 0 radical (unpaired) electrons. The maximum atomic E-state index is 12.9. The number of nitrogens with one attached hydrogen (secondary N) is 1. The fourth-order valence-corrected chi connectivity index (χ4v) is 3.38. The second kappa shape index (κ2) is 11.1. The Kier molecular flexibility index (Phi) is 7.52. The van der Waals surface area contributed by atoms with E-state index >= 15 is 0 Å². The first kappa shape index (κ1) is 23.7. The minimum absolute atomic E-state index is 0.296. The highest BCUT2D eigenvalue weighted by Crippen LogP contribution is 2.32. The molecule has 1 N–H and O–H groups in total. The highest BCUT2D eigenvalue weighted by atomic mass is 16.5. The summed E-state index contributed by atoms with van der Waals surface area (Å²) >= 11 is 0. The average molecular weight is 472 g/mol. The van der Waals surface area contributed by atoms with Crippen molar-refractivity contribution >= 4 is 17.6 Å². The average Bonchev–Trinajstić information content (AvgIpc) is 3.39. The number of carbonyl (C=O) groups is 2. The molecule has 0 spiro atoms. The Morgan fingerprint density at radius 1 is 0.886 bits per heavy atom. The second-order valence-electron chi connectivity index (χ2n) is 7.58. The molecule has 3 aromatic carbocycles. The quantitative estimate of drug-likeness (QED) is 0.327. The van der Waals surface area contributed by atoms with Crippen molar-refractivity contribution in [3.63, 3.8) is 0 Å². The van der Waals surface area contributed by atoms with Crippen molar-refractivity contribution in [1.29, 1.82) is 0 Å². The lowest BCUT2D eigenvalue weighted by Crippen LogP contribution is -2.32. The Morgan fingerprint density at radius 3 is 2.29 bits per heavy atom. The monoisotopic (exact) mass is 471 g/mol. The zero-order chi connectivity index (χ0) is 24.6. The zero-order valence-electron chi connectivity index (χ0n) is 19.4. The van der Waals surface area contributed by atoms with Crippen LogP contribution in [0.15, 0.2) is 83.3 Å². The van der Waals surface area contributed by atoms with E-state index in [0.717, 1.165) is 5.56 Å². The van der Waals surface area contributed by atoms with Crippen LogP contribution in [0.25, 0.3) is 22.9 Å². The number of ether oxygens (including phenoxy) is 2. The highest BCUT2D eigenvalue weighted by molar-refractivity contribution is 5.95. The summed E-state index contributed by atoms with van der Waals surface area (Å²) in [7, 11) is 0. The maximum Gasteiger partial charge on any atom is 0.338 e. The molecule has 0 bridgehead atoms. The predicted molar refractivity (Wildman–Crippen MR) is 131 cm³/mol. The lowest BCUT2D eigenvalue weighted by Gasteiger charge is -2.18. The number of esters is 1. The molecule has 1 atom stereocenters. The van der Waals surface area contributed by atoms with E-state index in [-0.39, 0.29) is 5.91 Å². The zero-order valence-corrected chi connectivity index (χ0v) is 19.4. The van der Waals surface area contributed by atoms with Crippen molar-refractivity contribution in [2.75, 3.05) is 11.9 Å². The third kappa shape index (κ3) is 5.73. The minimum atomic E-state index is -0.766. The molecule has 1 aromatic heterocycles. The van der Waals surface area contributed by atoms with E-state index in [1.807, 2.05) is 49.4 Å². The number of benzene rings is 3. The number of nitrogens with zero attached hydrogens (tertiary/aromatic N) is 2. The lowest BCUT2D eigenvalue weighted by molar-refractivity contribution is -0.122. The number of carbonyl (C=O) groups excluding carboxylic acids is 2. The molecule has 4 rings (SSSR count). The summed E-state index contributed by atoms with van der Waals surface area (Å²) in [6.07, 6.45) is -0.336. The second-order valence-corrected chi connectivity index (χ2v) is 7.58. The molecule has 0 saturated heterocycles. The molecular formula is C27H25N3O5. The van der Waals surface area contributed by atoms with Gasteiger partial charge in [-0.1, -0.05) is 37.3 Å². The first-order valence-electron chi connectivity index (χ1n) is 11.3. The van der Waals surface area contributed by atoms with Gasteiger partial charge in [0.15, 0.2) is 6.10 Å². The molecule has 0 aliphatic carbocycles. The summed E-state index contributed by atoms with van der Waals surface area (Å²) in [4.78, 5) is 24.7. The summed E-state index contributed by atoms with van der Waals surface area (Å²) in [6.45, 7) is 3.90. The number of aromatic nitrogens is 2. The molecule has 0 unspecified atom stereocenters. The standard InChI is InChI=1S/C27H25N3O5/c1-3-22(24(31)28-20-16-14-19(15-17-20)27(32)33-4-2)34-23-13-9-8-12-21(23)26-30-29-25(35-26)18-10-6-5-7-11-18/h5-17,22H,3-4H2,1-2H3,(H,28,31)/t22-/m0/s1. The molecule has 4 aromatic rings. The third-order valence-corrected chi connectivity index (χ3v) is 5.16. The summed E-state index contributed by atoms with van der Waals surface area (Å²) in [5, 5.41) is 11.1. The fourth-order valence-electron chi connectivity index (χ4n) is 3.38. The minimum Gasteiger partial charge on any atom is -0.480 e. The number of rotatable bonds is 9. The fraction of sp³-hybridized carbons (Fsp3) is 0.185. The van der Waals surface area contributed by atoms with Gasteiger partial charge in [0.25, 0.3) is 11.8 Å². The Balaban J connectivity index is 1.48. The summed E-state index contributed by atoms with van der Waals surface area (Å²) in [5.74, 6) is 0.418. The molecule has 0 fully saturated rings. The molecule has 8 heteroatoms. The predicted octanol–water partition coefficient (Wildman–Crippen LogP) is 5.38. The first-order valence-corrected chi connectivity index (χ1v) is 11.3. The number of anilines is 1. The van der Waals surface area contributed by atoms with Crippen LogP contribution in [0.2, 0.25) is 0 Å². The molecule has 35 heavy (non-hydrogen) atoms. The van der Waals surface area contributed by atoms with Crippen molar-refractivity contribution in [2.45, 2.75) is 26.4 Å². The lowest BCUT2D eigenvalue weighted by atomic mass is 10.1. The number of amides is 1. The van der Waals surface area contributed by atoms with Gasteiger partial charge in [0.05, 0.1) is 17.7 Å². The first-order chi connectivity index (χ1) is 17.1. The van der Waals surface area contributed by atoms with Gasteiger partial charge in [-0.05, 0) is 61.9 Å². The van der Waals surface area contributed by atoms with Crippen LogP contribution in [0.3, 0.4) is 0 Å². The highest BCUT2D eigenvalue weighted by Gasteiger charge is 2.22. The molecule has 0 aliphatic rings. The maximum absolute atomic E-state index is 12.9. The molecular weight excluding hydrogens is 446 g/mol. The van der Waals surface area contributed by atoms with Crippen molar-refractivity contribution in [3.05, 3.63) is 84.4 Å². The van der Waals surface area contributed by atoms with Crippen molar-refractivity contribution in [2.24, 2.45) is 0 Å². The smallest absolute Gasteiger partial charge is 0.338 e. The molecule has 1 heterocycles. The van der Waals surface area contributed by atoms with Gasteiger partial charge in [-0.3, -0.25) is 4.79 Å². The molecule has 1 amide bonds. The van der Waals surface area contributed by atoms with Gasteiger partial charge in [0, 0.05) is 11.3 Å². The van der Waals surface area contributed by atoms with Crippen LogP contribution < -0.4 is 10.1 Å². The van der Waals surface area contributed by atoms with Gasteiger partial charge >= 0.3 is 5.97 Å². The van der Waals surface area contributed by atoms with Crippen molar-refractivity contribution in [1.82, 2.24) is 10.2 Å². The van der Waals surface area contributed by atoms with E-state index < -0.39 is 12.1 Å². The third-order valence-electron chi connectivity index (χ3n) is 5.16. The van der Waals surface area contributed by atoms with Gasteiger partial charge in [0.2, 0.25) is 5.89 Å². The van der Waals surface area contributed by atoms with Crippen LogP contribution in [0, 0.1) is 0 Å². The Hall–Kier alpha value is -4.46. The van der Waals surface area contributed by atoms with Crippen LogP contribution in [-0.2, 0) is 9.53 Å². The van der Waals surface area contributed by atoms with E-state index in [1.165, 1.54) is 0 Å². The topological polar surface area (TPSA) is 104 Å². The summed E-state index contributed by atoms with van der Waals surface area (Å²) < 4.78 is 16.9. The number of hydrogen-bond donors (Lipinski definition) is 1. The van der Waals surface area contributed by atoms with Crippen LogP contribution >= 0.6 is 0 Å². The van der Waals surface area contributed by atoms with E-state index in [4.69, 9.17) is 13.9 Å². The molecule has 8 nitrogen and oxygen atoms in total. The summed E-state index contributed by atoms with van der Waals surface area (Å²) in [6, 6.07) is 23.2. The van der Waals surface area contributed by atoms with Gasteiger partial charge < -0.3 is 19.2 Å². The van der Waals surface area contributed by atoms with Crippen molar-refractivity contribution in [3.8, 4) is 28.7 Å². The van der Waals surface area contributed by atoms with Crippen molar-refractivity contribution < 1.29 is 23.5 Å². The summed E-state index contributed by atoms with van der Waals surface area (Å²) in [5.41, 5.74) is 2.36. The van der Waals surface area contributed by atoms with E-state index in [1.54, 1.807) is 43.3 Å². The Bertz CT molecular complexity index is 1290. The molecule has 178 valence electrons. The van der Waals surface area contributed by atoms with E-state index in [9.17, 15) is 9.59 Å². The van der Waals surface area contributed by atoms with Crippen LogP contribution in [0.4, 0.5) is 5.69 Å². The van der Waals surface area contributed by atoms with Gasteiger partial charge in [-0.2, -0.15) is 0 Å².